The molecule has 4 nitrogen and oxygen atoms in total. The first-order valence-corrected chi connectivity index (χ1v) is 9.36. The minimum atomic E-state index is -0.750. The van der Waals surface area contributed by atoms with Gasteiger partial charge in [0.2, 0.25) is 0 Å². The van der Waals surface area contributed by atoms with Gasteiger partial charge in [-0.1, -0.05) is 35.9 Å². The predicted octanol–water partition coefficient (Wildman–Crippen LogP) is 3.70. The zero-order chi connectivity index (χ0) is 17.7. The topological polar surface area (TPSA) is 62.1 Å². The maximum absolute atomic E-state index is 12.5. The maximum Gasteiger partial charge on any atom is 0.252 e. The van der Waals surface area contributed by atoms with Crippen molar-refractivity contribution in [1.82, 2.24) is 5.32 Å². The fraction of sp³-hybridized carbons (Fsp3) is 0.300. The van der Waals surface area contributed by atoms with Crippen LogP contribution in [-0.4, -0.2) is 23.0 Å². The third kappa shape index (κ3) is 4.34. The number of rotatable bonds is 5. The van der Waals surface area contributed by atoms with E-state index in [9.17, 15) is 10.1 Å². The first kappa shape index (κ1) is 17.4. The number of carbonyl (C=O) groups excluding carboxylic acids is 1. The maximum atomic E-state index is 12.5. The van der Waals surface area contributed by atoms with E-state index in [1.165, 1.54) is 5.56 Å². The lowest BCUT2D eigenvalue weighted by atomic mass is 10.0. The highest BCUT2D eigenvalue weighted by atomic mass is 32.2. The number of aryl methyl sites for hydroxylation is 1. The molecule has 0 unspecified atom stereocenters. The average molecular weight is 352 g/mol. The van der Waals surface area contributed by atoms with Gasteiger partial charge in [-0.3, -0.25) is 4.79 Å². The highest BCUT2D eigenvalue weighted by Gasteiger charge is 2.36. The zero-order valence-corrected chi connectivity index (χ0v) is 14.9. The van der Waals surface area contributed by atoms with Crippen molar-refractivity contribution in [2.45, 2.75) is 25.5 Å². The van der Waals surface area contributed by atoms with E-state index in [2.05, 4.69) is 17.5 Å². The first-order chi connectivity index (χ1) is 12.1. The summed E-state index contributed by atoms with van der Waals surface area (Å²) in [5, 5.41) is 12.3. The van der Waals surface area contributed by atoms with Crippen LogP contribution in [0.3, 0.4) is 0 Å². The molecule has 1 atom stereocenters. The number of thioether (sulfide) groups is 1. The Balaban J connectivity index is 1.66. The molecular weight excluding hydrogens is 332 g/mol. The Kier molecular flexibility index (Phi) is 5.30. The van der Waals surface area contributed by atoms with Crippen LogP contribution in [0, 0.1) is 18.3 Å². The van der Waals surface area contributed by atoms with Gasteiger partial charge >= 0.3 is 0 Å². The van der Waals surface area contributed by atoms with Crippen LogP contribution >= 0.6 is 11.8 Å². The van der Waals surface area contributed by atoms with Crippen LogP contribution in [0.5, 0.6) is 5.75 Å². The number of nitriles is 1. The molecule has 2 aromatic carbocycles. The summed E-state index contributed by atoms with van der Waals surface area (Å²) in [6.07, 6.45) is 0.684. The van der Waals surface area contributed by atoms with Gasteiger partial charge in [0.1, 0.15) is 17.9 Å². The fourth-order valence-electron chi connectivity index (χ4n) is 2.76. The molecule has 128 valence electrons. The molecule has 25 heavy (non-hydrogen) atoms. The summed E-state index contributed by atoms with van der Waals surface area (Å²) >= 11 is 1.69. The Morgan fingerprint density at radius 1 is 1.32 bits per heavy atom. The highest BCUT2D eigenvalue weighted by molar-refractivity contribution is 7.99. The van der Waals surface area contributed by atoms with Crippen molar-refractivity contribution in [3.63, 3.8) is 0 Å². The Bertz CT molecular complexity index is 807. The highest BCUT2D eigenvalue weighted by Crippen LogP contribution is 2.28. The van der Waals surface area contributed by atoms with Crippen molar-refractivity contribution in [1.29, 1.82) is 5.26 Å². The molecule has 1 amide bonds. The van der Waals surface area contributed by atoms with E-state index in [4.69, 9.17) is 4.74 Å². The molecule has 0 aliphatic carbocycles. The molecule has 1 heterocycles. The second kappa shape index (κ2) is 7.62. The second-order valence-electron chi connectivity index (χ2n) is 6.26. The van der Waals surface area contributed by atoms with Gasteiger partial charge < -0.3 is 10.1 Å². The lowest BCUT2D eigenvalue weighted by molar-refractivity contribution is 0.0925. The number of nitrogens with one attached hydrogen (secondary N) is 1. The van der Waals surface area contributed by atoms with Crippen molar-refractivity contribution in [2.75, 3.05) is 11.5 Å². The summed E-state index contributed by atoms with van der Waals surface area (Å²) in [5.41, 5.74) is 2.03. The van der Waals surface area contributed by atoms with Crippen LogP contribution in [0.25, 0.3) is 0 Å². The van der Waals surface area contributed by atoms with Gasteiger partial charge in [-0.2, -0.15) is 17.0 Å². The molecule has 1 N–H and O–H groups in total. The molecule has 3 rings (SSSR count). The van der Waals surface area contributed by atoms with E-state index >= 15 is 0 Å². The molecule has 0 aromatic heterocycles. The summed E-state index contributed by atoms with van der Waals surface area (Å²) in [7, 11) is 0. The summed E-state index contributed by atoms with van der Waals surface area (Å²) < 4.78 is 5.81. The molecule has 1 aliphatic rings. The van der Waals surface area contributed by atoms with Crippen molar-refractivity contribution in [3.05, 3.63) is 65.2 Å². The van der Waals surface area contributed by atoms with Crippen molar-refractivity contribution in [2.24, 2.45) is 0 Å². The number of nitrogens with zero attached hydrogens (tertiary/aromatic N) is 1. The lowest BCUT2D eigenvalue weighted by Crippen LogP contribution is -2.47. The van der Waals surface area contributed by atoms with Crippen LogP contribution < -0.4 is 10.1 Å². The quantitative estimate of drug-likeness (QED) is 0.891. The number of carbonyl (C=O) groups is 1. The Hall–Kier alpha value is -2.45. The van der Waals surface area contributed by atoms with Gasteiger partial charge in [-0.25, -0.2) is 0 Å². The Morgan fingerprint density at radius 2 is 2.16 bits per heavy atom. The number of hydrogen-bond donors (Lipinski definition) is 1. The van der Waals surface area contributed by atoms with Gasteiger partial charge in [0.05, 0.1) is 6.07 Å². The summed E-state index contributed by atoms with van der Waals surface area (Å²) in [4.78, 5) is 12.5. The van der Waals surface area contributed by atoms with Crippen LogP contribution in [0.2, 0.25) is 0 Å². The van der Waals surface area contributed by atoms with Crippen LogP contribution in [0.15, 0.2) is 48.5 Å². The molecule has 5 heteroatoms. The van der Waals surface area contributed by atoms with Crippen LogP contribution in [0.4, 0.5) is 0 Å². The van der Waals surface area contributed by atoms with Gasteiger partial charge in [-0.15, -0.1) is 0 Å². The smallest absolute Gasteiger partial charge is 0.252 e. The molecule has 0 saturated carbocycles. The van der Waals surface area contributed by atoms with Gasteiger partial charge in [0, 0.05) is 11.3 Å². The third-order valence-electron chi connectivity index (χ3n) is 4.17. The largest absolute Gasteiger partial charge is 0.489 e. The van der Waals surface area contributed by atoms with E-state index in [-0.39, 0.29) is 5.91 Å². The normalized spacial score (nSPS) is 19.2. The van der Waals surface area contributed by atoms with Gasteiger partial charge in [0.15, 0.2) is 0 Å². The number of amides is 1. The van der Waals surface area contributed by atoms with Crippen molar-refractivity contribution in [3.8, 4) is 11.8 Å². The number of ether oxygens (including phenoxy) is 1. The third-order valence-corrected chi connectivity index (χ3v) is 5.36. The monoisotopic (exact) mass is 352 g/mol. The first-order valence-electron chi connectivity index (χ1n) is 8.20. The molecule has 0 spiro atoms. The van der Waals surface area contributed by atoms with E-state index in [0.29, 0.717) is 30.1 Å². The van der Waals surface area contributed by atoms with Crippen LogP contribution in [-0.2, 0) is 6.61 Å². The molecule has 1 saturated heterocycles. The Labute approximate surface area is 152 Å². The van der Waals surface area contributed by atoms with E-state index < -0.39 is 5.54 Å². The minimum Gasteiger partial charge on any atom is -0.489 e. The summed E-state index contributed by atoms with van der Waals surface area (Å²) in [6, 6.07) is 17.5. The zero-order valence-electron chi connectivity index (χ0n) is 14.1. The van der Waals surface area contributed by atoms with E-state index in [1.54, 1.807) is 30.0 Å². The van der Waals surface area contributed by atoms with Crippen LogP contribution in [0.1, 0.15) is 27.9 Å². The minimum absolute atomic E-state index is 0.231. The van der Waals surface area contributed by atoms with E-state index in [0.717, 1.165) is 11.3 Å². The molecule has 1 aliphatic heterocycles. The molecule has 0 radical (unpaired) electrons. The molecule has 2 aromatic rings. The SMILES string of the molecule is Cc1cccc(COc2cccc(C(=O)N[C@@]3(C#N)CCSC3)c2)c1. The van der Waals surface area contributed by atoms with Crippen molar-refractivity contribution >= 4 is 17.7 Å². The fourth-order valence-corrected chi connectivity index (χ4v) is 4.03. The summed E-state index contributed by atoms with van der Waals surface area (Å²) in [6.45, 7) is 2.49. The lowest BCUT2D eigenvalue weighted by Gasteiger charge is -2.21. The van der Waals surface area contributed by atoms with Crippen molar-refractivity contribution < 1.29 is 9.53 Å². The average Bonchev–Trinajstić information content (AvgIpc) is 3.09. The molecule has 1 fully saturated rings. The number of benzene rings is 2. The predicted molar refractivity (Wildman–Crippen MR) is 99.7 cm³/mol. The number of hydrogen-bond acceptors (Lipinski definition) is 4. The molecule has 0 bridgehead atoms. The standard InChI is InChI=1S/C20H20N2O2S/c1-15-4-2-5-16(10-15)12-24-18-7-3-6-17(11-18)19(23)22-20(13-21)8-9-25-14-20/h2-7,10-11H,8-9,12,14H2,1H3,(H,22,23)/t20-/m1/s1. The van der Waals surface area contributed by atoms with Gasteiger partial charge in [-0.05, 0) is 42.9 Å². The van der Waals surface area contributed by atoms with Gasteiger partial charge in [0.25, 0.3) is 5.91 Å². The molecular formula is C20H20N2O2S. The van der Waals surface area contributed by atoms with E-state index in [1.807, 2.05) is 31.2 Å². The Morgan fingerprint density at radius 3 is 2.88 bits per heavy atom. The second-order valence-corrected chi connectivity index (χ2v) is 7.36. The summed E-state index contributed by atoms with van der Waals surface area (Å²) in [5.74, 6) is 1.94.